The third kappa shape index (κ3) is 2.40. The molecule has 20 heavy (non-hydrogen) atoms. The summed E-state index contributed by atoms with van der Waals surface area (Å²) in [5.41, 5.74) is 4.69. The van der Waals surface area contributed by atoms with Gasteiger partial charge in [0.2, 0.25) is 0 Å². The molecule has 2 aromatic rings. The Labute approximate surface area is 120 Å². The largest absolute Gasteiger partial charge is 0.293 e. The van der Waals surface area contributed by atoms with E-state index in [0.717, 1.165) is 36.8 Å². The van der Waals surface area contributed by atoms with Gasteiger partial charge < -0.3 is 0 Å². The van der Waals surface area contributed by atoms with Gasteiger partial charge in [0, 0.05) is 11.5 Å². The van der Waals surface area contributed by atoms with Crippen LogP contribution in [0.15, 0.2) is 48.5 Å². The second-order valence-corrected chi connectivity index (χ2v) is 5.61. The van der Waals surface area contributed by atoms with Crippen LogP contribution in [0.2, 0.25) is 0 Å². The number of Topliss-reactive ketones (excluding diaryl/α,β-unsaturated/α-hetero) is 1. The Bertz CT molecular complexity index is 613. The monoisotopic (exact) mass is 264 g/mol. The van der Waals surface area contributed by atoms with E-state index in [-0.39, 0.29) is 5.92 Å². The Balaban J connectivity index is 1.91. The van der Waals surface area contributed by atoms with E-state index in [2.05, 4.69) is 31.2 Å². The smallest absolute Gasteiger partial charge is 0.170 e. The first kappa shape index (κ1) is 13.1. The molecule has 1 aliphatic rings. The topological polar surface area (TPSA) is 17.1 Å². The van der Waals surface area contributed by atoms with E-state index in [4.69, 9.17) is 0 Å². The Kier molecular flexibility index (Phi) is 3.68. The van der Waals surface area contributed by atoms with Crippen molar-refractivity contribution >= 4 is 5.78 Å². The standard InChI is InChI=1S/C19H20O/c1-2-6-14-9-11-18-16(13-14)10-12-17(19(18)20)15-7-4-3-5-8-15/h3-5,7-9,11,13,17H,2,6,10,12H2,1H3/t17-/m0/s1. The highest BCUT2D eigenvalue weighted by Crippen LogP contribution is 2.33. The van der Waals surface area contributed by atoms with Crippen molar-refractivity contribution in [2.45, 2.75) is 38.5 Å². The minimum Gasteiger partial charge on any atom is -0.293 e. The third-order valence-electron chi connectivity index (χ3n) is 4.19. The van der Waals surface area contributed by atoms with Crippen molar-refractivity contribution in [2.75, 3.05) is 0 Å². The molecular weight excluding hydrogens is 244 g/mol. The molecule has 2 aromatic carbocycles. The summed E-state index contributed by atoms with van der Waals surface area (Å²) in [4.78, 5) is 12.7. The van der Waals surface area contributed by atoms with Crippen LogP contribution in [0.5, 0.6) is 0 Å². The normalized spacial score (nSPS) is 17.9. The van der Waals surface area contributed by atoms with Crippen molar-refractivity contribution in [3.05, 3.63) is 70.8 Å². The summed E-state index contributed by atoms with van der Waals surface area (Å²) in [5.74, 6) is 0.334. The molecule has 0 bridgehead atoms. The zero-order valence-corrected chi connectivity index (χ0v) is 11.9. The minimum absolute atomic E-state index is 0.0423. The number of fused-ring (bicyclic) bond motifs is 1. The van der Waals surface area contributed by atoms with Gasteiger partial charge in [-0.25, -0.2) is 0 Å². The van der Waals surface area contributed by atoms with E-state index in [1.165, 1.54) is 11.1 Å². The minimum atomic E-state index is 0.0423. The van der Waals surface area contributed by atoms with Crippen molar-refractivity contribution in [2.24, 2.45) is 0 Å². The van der Waals surface area contributed by atoms with Gasteiger partial charge in [-0.05, 0) is 36.0 Å². The Morgan fingerprint density at radius 1 is 1.10 bits per heavy atom. The average molecular weight is 264 g/mol. The van der Waals surface area contributed by atoms with Crippen molar-refractivity contribution in [1.29, 1.82) is 0 Å². The van der Waals surface area contributed by atoms with Gasteiger partial charge in [0.05, 0.1) is 0 Å². The number of carbonyl (C=O) groups is 1. The third-order valence-corrected chi connectivity index (χ3v) is 4.19. The number of hydrogen-bond donors (Lipinski definition) is 0. The maximum atomic E-state index is 12.7. The fourth-order valence-electron chi connectivity index (χ4n) is 3.16. The van der Waals surface area contributed by atoms with Crippen molar-refractivity contribution in [3.63, 3.8) is 0 Å². The molecule has 0 saturated heterocycles. The van der Waals surface area contributed by atoms with Gasteiger partial charge in [-0.1, -0.05) is 61.9 Å². The zero-order valence-electron chi connectivity index (χ0n) is 11.9. The van der Waals surface area contributed by atoms with Crippen LogP contribution >= 0.6 is 0 Å². The lowest BCUT2D eigenvalue weighted by Crippen LogP contribution is -2.21. The first-order chi connectivity index (χ1) is 9.79. The molecule has 0 amide bonds. The summed E-state index contributed by atoms with van der Waals surface area (Å²) < 4.78 is 0. The number of hydrogen-bond acceptors (Lipinski definition) is 1. The fourth-order valence-corrected chi connectivity index (χ4v) is 3.16. The first-order valence-corrected chi connectivity index (χ1v) is 7.50. The molecule has 3 rings (SSSR count). The summed E-state index contributed by atoms with van der Waals surface area (Å²) in [7, 11) is 0. The van der Waals surface area contributed by atoms with Crippen molar-refractivity contribution in [3.8, 4) is 0 Å². The van der Waals surface area contributed by atoms with Crippen LogP contribution in [0.3, 0.4) is 0 Å². The highest BCUT2D eigenvalue weighted by molar-refractivity contribution is 6.03. The molecule has 1 heteroatoms. The molecule has 0 aliphatic heterocycles. The molecule has 1 nitrogen and oxygen atoms in total. The predicted octanol–water partition coefficient (Wildman–Crippen LogP) is 4.55. The predicted molar refractivity (Wildman–Crippen MR) is 82.3 cm³/mol. The van der Waals surface area contributed by atoms with E-state index in [9.17, 15) is 4.79 Å². The molecular formula is C19H20O. The second-order valence-electron chi connectivity index (χ2n) is 5.61. The molecule has 0 spiro atoms. The quantitative estimate of drug-likeness (QED) is 0.794. The van der Waals surface area contributed by atoms with Gasteiger partial charge in [0.1, 0.15) is 0 Å². The van der Waals surface area contributed by atoms with Crippen LogP contribution in [0.1, 0.15) is 52.7 Å². The van der Waals surface area contributed by atoms with Gasteiger partial charge >= 0.3 is 0 Å². The van der Waals surface area contributed by atoms with Crippen LogP contribution in [0, 0.1) is 0 Å². The number of benzene rings is 2. The molecule has 0 aromatic heterocycles. The van der Waals surface area contributed by atoms with Gasteiger partial charge in [0.25, 0.3) is 0 Å². The Morgan fingerprint density at radius 2 is 1.90 bits per heavy atom. The number of aryl methyl sites for hydroxylation is 2. The molecule has 0 radical (unpaired) electrons. The Morgan fingerprint density at radius 3 is 2.65 bits per heavy atom. The van der Waals surface area contributed by atoms with Crippen LogP contribution in [0.25, 0.3) is 0 Å². The SMILES string of the molecule is CCCc1ccc2c(c1)CC[C@@H](c1ccccc1)C2=O. The van der Waals surface area contributed by atoms with Gasteiger partial charge in [-0.3, -0.25) is 4.79 Å². The molecule has 1 atom stereocenters. The molecule has 0 N–H and O–H groups in total. The summed E-state index contributed by atoms with van der Waals surface area (Å²) in [6, 6.07) is 16.6. The maximum Gasteiger partial charge on any atom is 0.170 e. The lowest BCUT2D eigenvalue weighted by atomic mass is 9.78. The van der Waals surface area contributed by atoms with Crippen LogP contribution in [0.4, 0.5) is 0 Å². The maximum absolute atomic E-state index is 12.7. The Hall–Kier alpha value is -1.89. The van der Waals surface area contributed by atoms with Gasteiger partial charge in [0.15, 0.2) is 5.78 Å². The molecule has 0 saturated carbocycles. The van der Waals surface area contributed by atoms with E-state index < -0.39 is 0 Å². The summed E-state index contributed by atoms with van der Waals surface area (Å²) in [6.45, 7) is 2.19. The van der Waals surface area contributed by atoms with Crippen LogP contribution in [-0.2, 0) is 12.8 Å². The van der Waals surface area contributed by atoms with Crippen LogP contribution in [-0.4, -0.2) is 5.78 Å². The summed E-state index contributed by atoms with van der Waals surface area (Å²) >= 11 is 0. The lowest BCUT2D eigenvalue weighted by Gasteiger charge is -2.24. The van der Waals surface area contributed by atoms with E-state index in [1.807, 2.05) is 24.3 Å². The van der Waals surface area contributed by atoms with Gasteiger partial charge in [-0.15, -0.1) is 0 Å². The van der Waals surface area contributed by atoms with E-state index >= 15 is 0 Å². The number of carbonyl (C=O) groups excluding carboxylic acids is 1. The molecule has 102 valence electrons. The average Bonchev–Trinajstić information content (AvgIpc) is 2.49. The molecule has 0 fully saturated rings. The second kappa shape index (κ2) is 5.62. The van der Waals surface area contributed by atoms with Crippen molar-refractivity contribution in [1.82, 2.24) is 0 Å². The highest BCUT2D eigenvalue weighted by Gasteiger charge is 2.28. The summed E-state index contributed by atoms with van der Waals surface area (Å²) in [5, 5.41) is 0. The number of ketones is 1. The van der Waals surface area contributed by atoms with E-state index in [0.29, 0.717) is 5.78 Å². The molecule has 0 heterocycles. The molecule has 1 aliphatic carbocycles. The lowest BCUT2D eigenvalue weighted by molar-refractivity contribution is 0.0946. The highest BCUT2D eigenvalue weighted by atomic mass is 16.1. The molecule has 0 unspecified atom stereocenters. The van der Waals surface area contributed by atoms with E-state index in [1.54, 1.807) is 0 Å². The first-order valence-electron chi connectivity index (χ1n) is 7.50. The fraction of sp³-hybridized carbons (Fsp3) is 0.316. The van der Waals surface area contributed by atoms with Crippen molar-refractivity contribution < 1.29 is 4.79 Å². The summed E-state index contributed by atoms with van der Waals surface area (Å²) in [6.07, 6.45) is 4.20. The zero-order chi connectivity index (χ0) is 13.9. The number of rotatable bonds is 3. The van der Waals surface area contributed by atoms with Gasteiger partial charge in [-0.2, -0.15) is 0 Å². The van der Waals surface area contributed by atoms with Crippen LogP contribution < -0.4 is 0 Å².